The number of nitrogens with zero attached hydrogens (tertiary/aromatic N) is 2. The summed E-state index contributed by atoms with van der Waals surface area (Å²) in [4.78, 5) is 15.7. The van der Waals surface area contributed by atoms with Crippen molar-refractivity contribution in [3.05, 3.63) is 130 Å². The zero-order valence-corrected chi connectivity index (χ0v) is 23.4. The van der Waals surface area contributed by atoms with Crippen LogP contribution in [0, 0.1) is 0 Å². The summed E-state index contributed by atoms with van der Waals surface area (Å²) in [7, 11) is 3.27. The zero-order valence-electron chi connectivity index (χ0n) is 22.6. The van der Waals surface area contributed by atoms with Gasteiger partial charge in [0, 0.05) is 22.7 Å². The molecule has 4 aromatic carbocycles. The second-order valence-electron chi connectivity index (χ2n) is 9.76. The van der Waals surface area contributed by atoms with Gasteiger partial charge in [-0.15, -0.1) is 0 Å². The van der Waals surface area contributed by atoms with Crippen molar-refractivity contribution < 1.29 is 19.0 Å². The standard InChI is InChI=1S/C33H28ClN3O4/c1-39-26-13-5-21(6-14-26)19-37-32(24-9-17-28(18-10-24)41-20-22-3-11-25(34)12-4-22)29-30(35-36-31(29)33(37)38)23-7-15-27(40-2)16-8-23/h3-18,32H,19-20H2,1-2H3,(H,35,36). The number of fused-ring (bicyclic) bond motifs is 1. The smallest absolute Gasteiger partial charge is 0.273 e. The van der Waals surface area contributed by atoms with Gasteiger partial charge in [0.2, 0.25) is 0 Å². The van der Waals surface area contributed by atoms with E-state index in [-0.39, 0.29) is 11.9 Å². The largest absolute Gasteiger partial charge is 0.497 e. The van der Waals surface area contributed by atoms with E-state index in [0.717, 1.165) is 50.8 Å². The number of halogens is 1. The minimum Gasteiger partial charge on any atom is -0.497 e. The predicted octanol–water partition coefficient (Wildman–Crippen LogP) is 7.07. The molecule has 5 aromatic rings. The maximum absolute atomic E-state index is 13.8. The fourth-order valence-electron chi connectivity index (χ4n) is 5.10. The topological polar surface area (TPSA) is 76.7 Å². The van der Waals surface area contributed by atoms with E-state index < -0.39 is 0 Å². The Morgan fingerprint density at radius 2 is 1.37 bits per heavy atom. The second-order valence-corrected chi connectivity index (χ2v) is 10.2. The minimum atomic E-state index is -0.347. The van der Waals surface area contributed by atoms with Gasteiger partial charge in [-0.1, -0.05) is 48.0 Å². The van der Waals surface area contributed by atoms with E-state index in [0.29, 0.717) is 23.9 Å². The number of rotatable bonds is 9. The first-order chi connectivity index (χ1) is 20.0. The number of carbonyl (C=O) groups excluding carboxylic acids is 1. The molecule has 1 amide bonds. The molecule has 8 heteroatoms. The van der Waals surface area contributed by atoms with Crippen LogP contribution in [0.5, 0.6) is 17.2 Å². The van der Waals surface area contributed by atoms with Crippen LogP contribution in [-0.2, 0) is 13.2 Å². The Bertz CT molecular complexity index is 1650. The molecule has 0 saturated heterocycles. The number of ether oxygens (including phenoxy) is 3. The molecular formula is C33H28ClN3O4. The Morgan fingerprint density at radius 3 is 2.00 bits per heavy atom. The highest BCUT2D eigenvalue weighted by atomic mass is 35.5. The first-order valence-electron chi connectivity index (χ1n) is 13.2. The fourth-order valence-corrected chi connectivity index (χ4v) is 5.22. The van der Waals surface area contributed by atoms with Gasteiger partial charge in [-0.05, 0) is 77.4 Å². The second kappa shape index (κ2) is 11.4. The average molecular weight is 566 g/mol. The van der Waals surface area contributed by atoms with Gasteiger partial charge in [0.1, 0.15) is 29.5 Å². The number of hydrogen-bond donors (Lipinski definition) is 1. The van der Waals surface area contributed by atoms with Crippen molar-refractivity contribution in [3.8, 4) is 28.5 Å². The number of amides is 1. The molecule has 1 N–H and O–H groups in total. The summed E-state index contributed by atoms with van der Waals surface area (Å²) in [6, 6.07) is 30.6. The fraction of sp³-hybridized carbons (Fsp3) is 0.152. The zero-order chi connectivity index (χ0) is 28.3. The van der Waals surface area contributed by atoms with Gasteiger partial charge in [0.25, 0.3) is 5.91 Å². The highest BCUT2D eigenvalue weighted by Gasteiger charge is 2.42. The summed E-state index contributed by atoms with van der Waals surface area (Å²) >= 11 is 6.00. The number of aromatic nitrogens is 2. The van der Waals surface area contributed by atoms with Crippen molar-refractivity contribution in [2.75, 3.05) is 14.2 Å². The van der Waals surface area contributed by atoms with Crippen molar-refractivity contribution in [1.29, 1.82) is 0 Å². The lowest BCUT2D eigenvalue weighted by atomic mass is 9.95. The molecular weight excluding hydrogens is 538 g/mol. The third-order valence-electron chi connectivity index (χ3n) is 7.25. The predicted molar refractivity (Wildman–Crippen MR) is 158 cm³/mol. The number of benzene rings is 4. The number of nitrogens with one attached hydrogen (secondary N) is 1. The number of hydrogen-bond acceptors (Lipinski definition) is 5. The molecule has 41 heavy (non-hydrogen) atoms. The maximum atomic E-state index is 13.8. The molecule has 1 atom stereocenters. The molecule has 1 aromatic heterocycles. The van der Waals surface area contributed by atoms with E-state index in [4.69, 9.17) is 25.8 Å². The molecule has 0 radical (unpaired) electrons. The Balaban J connectivity index is 1.33. The van der Waals surface area contributed by atoms with Crippen molar-refractivity contribution in [3.63, 3.8) is 0 Å². The van der Waals surface area contributed by atoms with E-state index in [1.165, 1.54) is 0 Å². The highest BCUT2D eigenvalue weighted by Crippen LogP contribution is 2.44. The number of aromatic amines is 1. The Labute approximate surface area is 243 Å². The van der Waals surface area contributed by atoms with Crippen LogP contribution in [0.15, 0.2) is 97.1 Å². The summed E-state index contributed by atoms with van der Waals surface area (Å²) in [6.45, 7) is 0.850. The molecule has 0 fully saturated rings. The first kappa shape index (κ1) is 26.5. The van der Waals surface area contributed by atoms with Crippen LogP contribution < -0.4 is 14.2 Å². The Hall–Kier alpha value is -4.75. The van der Waals surface area contributed by atoms with Crippen LogP contribution >= 0.6 is 11.6 Å². The average Bonchev–Trinajstić information content (AvgIpc) is 3.56. The molecule has 0 saturated carbocycles. The monoisotopic (exact) mass is 565 g/mol. The van der Waals surface area contributed by atoms with Gasteiger partial charge < -0.3 is 19.1 Å². The summed E-state index contributed by atoms with van der Waals surface area (Å²) in [5, 5.41) is 8.29. The number of H-pyrrole nitrogens is 1. The van der Waals surface area contributed by atoms with Crippen LogP contribution in [0.4, 0.5) is 0 Å². The van der Waals surface area contributed by atoms with Crippen LogP contribution in [0.2, 0.25) is 5.02 Å². The normalized spacial score (nSPS) is 14.2. The molecule has 206 valence electrons. The van der Waals surface area contributed by atoms with Crippen molar-refractivity contribution in [1.82, 2.24) is 15.1 Å². The molecule has 0 spiro atoms. The summed E-state index contributed by atoms with van der Waals surface area (Å²) in [5.74, 6) is 2.15. The van der Waals surface area contributed by atoms with Gasteiger partial charge in [0.05, 0.1) is 26.0 Å². The molecule has 0 bridgehead atoms. The van der Waals surface area contributed by atoms with Crippen LogP contribution in [0.1, 0.15) is 38.8 Å². The van der Waals surface area contributed by atoms with Crippen LogP contribution in [0.25, 0.3) is 11.3 Å². The lowest BCUT2D eigenvalue weighted by Crippen LogP contribution is -2.29. The molecule has 1 aliphatic heterocycles. The SMILES string of the molecule is COc1ccc(CN2C(=O)c3[nH]nc(-c4ccc(OC)cc4)c3C2c2ccc(OCc3ccc(Cl)cc3)cc2)cc1. The van der Waals surface area contributed by atoms with Gasteiger partial charge in [0.15, 0.2) is 0 Å². The molecule has 2 heterocycles. The lowest BCUT2D eigenvalue weighted by Gasteiger charge is -2.27. The van der Waals surface area contributed by atoms with E-state index in [1.807, 2.05) is 102 Å². The van der Waals surface area contributed by atoms with Gasteiger partial charge in [-0.2, -0.15) is 5.10 Å². The van der Waals surface area contributed by atoms with Crippen molar-refractivity contribution in [2.24, 2.45) is 0 Å². The van der Waals surface area contributed by atoms with Gasteiger partial charge >= 0.3 is 0 Å². The molecule has 6 rings (SSSR count). The third kappa shape index (κ3) is 5.36. The van der Waals surface area contributed by atoms with Crippen LogP contribution in [0.3, 0.4) is 0 Å². The summed E-state index contributed by atoms with van der Waals surface area (Å²) in [6.07, 6.45) is 0. The van der Waals surface area contributed by atoms with Crippen LogP contribution in [-0.4, -0.2) is 35.2 Å². The molecule has 0 aliphatic carbocycles. The summed E-state index contributed by atoms with van der Waals surface area (Å²) < 4.78 is 16.7. The van der Waals surface area contributed by atoms with E-state index in [1.54, 1.807) is 14.2 Å². The number of carbonyl (C=O) groups is 1. The first-order valence-corrected chi connectivity index (χ1v) is 13.6. The van der Waals surface area contributed by atoms with Crippen molar-refractivity contribution >= 4 is 17.5 Å². The lowest BCUT2D eigenvalue weighted by molar-refractivity contribution is 0.0730. The maximum Gasteiger partial charge on any atom is 0.273 e. The van der Waals surface area contributed by atoms with Gasteiger partial charge in [-0.25, -0.2) is 0 Å². The van der Waals surface area contributed by atoms with Crippen molar-refractivity contribution in [2.45, 2.75) is 19.2 Å². The van der Waals surface area contributed by atoms with E-state index in [2.05, 4.69) is 10.2 Å². The highest BCUT2D eigenvalue weighted by molar-refractivity contribution is 6.30. The van der Waals surface area contributed by atoms with Gasteiger partial charge in [-0.3, -0.25) is 9.89 Å². The Kier molecular flexibility index (Phi) is 7.35. The van der Waals surface area contributed by atoms with E-state index >= 15 is 0 Å². The van der Waals surface area contributed by atoms with E-state index in [9.17, 15) is 4.79 Å². The minimum absolute atomic E-state index is 0.101. The summed E-state index contributed by atoms with van der Waals surface area (Å²) in [5.41, 5.74) is 5.96. The third-order valence-corrected chi connectivity index (χ3v) is 7.51. The quantitative estimate of drug-likeness (QED) is 0.207. The Morgan fingerprint density at radius 1 is 0.780 bits per heavy atom. The number of methoxy groups -OCH3 is 2. The molecule has 1 aliphatic rings. The molecule has 1 unspecified atom stereocenters. The molecule has 7 nitrogen and oxygen atoms in total.